The fourth-order valence-corrected chi connectivity index (χ4v) is 3.51. The van der Waals surface area contributed by atoms with Crippen LogP contribution in [-0.4, -0.2) is 19.1 Å². The summed E-state index contributed by atoms with van der Waals surface area (Å²) in [6.07, 6.45) is 0. The van der Waals surface area contributed by atoms with Crippen LogP contribution in [0.5, 0.6) is 5.75 Å². The lowest BCUT2D eigenvalue weighted by Gasteiger charge is -2.17. The number of aromatic nitrogens is 1. The fourth-order valence-electron chi connectivity index (χ4n) is 2.06. The van der Waals surface area contributed by atoms with Crippen LogP contribution in [0.2, 0.25) is 5.02 Å². The van der Waals surface area contributed by atoms with E-state index < -0.39 is 0 Å². The summed E-state index contributed by atoms with van der Waals surface area (Å²) in [6.45, 7) is 6.51. The standard InChI is InChI=1S/C16H21ClN2OS/c1-16(2,3)13-9-21-15(19-13)14(18-4)10-6-7-12(20-5)11(17)8-10/h6-9,14,18H,1-5H3. The predicted molar refractivity (Wildman–Crippen MR) is 89.7 cm³/mol. The molecule has 1 N–H and O–H groups in total. The molecular weight excluding hydrogens is 304 g/mol. The van der Waals surface area contributed by atoms with Crippen molar-refractivity contribution in [2.24, 2.45) is 0 Å². The molecule has 0 amide bonds. The lowest BCUT2D eigenvalue weighted by atomic mass is 9.93. The van der Waals surface area contributed by atoms with Gasteiger partial charge < -0.3 is 10.1 Å². The predicted octanol–water partition coefficient (Wildman–Crippen LogP) is 4.41. The Labute approximate surface area is 135 Å². The van der Waals surface area contributed by atoms with E-state index >= 15 is 0 Å². The van der Waals surface area contributed by atoms with Crippen LogP contribution in [0.1, 0.15) is 43.1 Å². The summed E-state index contributed by atoms with van der Waals surface area (Å²) in [5.74, 6) is 0.685. The average Bonchev–Trinajstić information content (AvgIpc) is 2.89. The zero-order chi connectivity index (χ0) is 15.6. The summed E-state index contributed by atoms with van der Waals surface area (Å²) < 4.78 is 5.20. The molecule has 0 fully saturated rings. The first-order valence-corrected chi connectivity index (χ1v) is 8.09. The smallest absolute Gasteiger partial charge is 0.137 e. The molecular formula is C16H21ClN2OS. The van der Waals surface area contributed by atoms with Gasteiger partial charge in [-0.05, 0) is 24.7 Å². The van der Waals surface area contributed by atoms with E-state index in [9.17, 15) is 0 Å². The van der Waals surface area contributed by atoms with E-state index in [2.05, 4.69) is 31.5 Å². The van der Waals surface area contributed by atoms with Crippen LogP contribution in [0.15, 0.2) is 23.6 Å². The number of nitrogens with zero attached hydrogens (tertiary/aromatic N) is 1. The lowest BCUT2D eigenvalue weighted by molar-refractivity contribution is 0.414. The Hall–Kier alpha value is -1.10. The SMILES string of the molecule is CNC(c1ccc(OC)c(Cl)c1)c1nc(C(C)(C)C)cs1. The highest BCUT2D eigenvalue weighted by atomic mass is 35.5. The van der Waals surface area contributed by atoms with Gasteiger partial charge in [-0.15, -0.1) is 11.3 Å². The molecule has 3 nitrogen and oxygen atoms in total. The number of hydrogen-bond acceptors (Lipinski definition) is 4. The van der Waals surface area contributed by atoms with Gasteiger partial charge in [0.1, 0.15) is 10.8 Å². The quantitative estimate of drug-likeness (QED) is 0.904. The molecule has 0 spiro atoms. The third-order valence-corrected chi connectivity index (χ3v) is 4.54. The molecule has 0 bridgehead atoms. The topological polar surface area (TPSA) is 34.1 Å². The van der Waals surface area contributed by atoms with Gasteiger partial charge >= 0.3 is 0 Å². The minimum Gasteiger partial charge on any atom is -0.495 e. The van der Waals surface area contributed by atoms with Crippen LogP contribution in [-0.2, 0) is 5.41 Å². The highest BCUT2D eigenvalue weighted by Crippen LogP contribution is 2.33. The highest BCUT2D eigenvalue weighted by Gasteiger charge is 2.22. The second-order valence-electron chi connectivity index (χ2n) is 5.94. The summed E-state index contributed by atoms with van der Waals surface area (Å²) >= 11 is 7.90. The van der Waals surface area contributed by atoms with E-state index in [0.29, 0.717) is 10.8 Å². The maximum Gasteiger partial charge on any atom is 0.137 e. The number of methoxy groups -OCH3 is 1. The Balaban J connectivity index is 2.35. The number of halogens is 1. The Morgan fingerprint density at radius 3 is 2.52 bits per heavy atom. The van der Waals surface area contributed by atoms with Crippen LogP contribution in [0.4, 0.5) is 0 Å². The molecule has 0 aliphatic carbocycles. The van der Waals surface area contributed by atoms with Gasteiger partial charge in [0.05, 0.1) is 23.9 Å². The molecule has 1 aromatic carbocycles. The van der Waals surface area contributed by atoms with E-state index in [-0.39, 0.29) is 11.5 Å². The van der Waals surface area contributed by atoms with Crippen LogP contribution in [0, 0.1) is 0 Å². The number of benzene rings is 1. The third-order valence-electron chi connectivity index (χ3n) is 3.34. The average molecular weight is 325 g/mol. The first-order valence-electron chi connectivity index (χ1n) is 6.83. The first-order chi connectivity index (χ1) is 9.86. The summed E-state index contributed by atoms with van der Waals surface area (Å²) in [4.78, 5) is 4.78. The number of ether oxygens (including phenoxy) is 1. The molecule has 0 aliphatic rings. The van der Waals surface area contributed by atoms with E-state index in [1.807, 2.05) is 25.2 Å². The Kier molecular flexibility index (Phi) is 4.91. The van der Waals surface area contributed by atoms with Crippen molar-refractivity contribution in [2.45, 2.75) is 32.2 Å². The summed E-state index contributed by atoms with van der Waals surface area (Å²) in [5, 5.41) is 7.10. The molecule has 0 aliphatic heterocycles. The third kappa shape index (κ3) is 3.57. The van der Waals surface area contributed by atoms with Gasteiger partial charge in [-0.3, -0.25) is 0 Å². The molecule has 1 unspecified atom stereocenters. The molecule has 2 rings (SSSR count). The van der Waals surface area contributed by atoms with Crippen molar-refractivity contribution < 1.29 is 4.74 Å². The zero-order valence-electron chi connectivity index (χ0n) is 13.0. The molecule has 0 saturated heterocycles. The normalized spacial score (nSPS) is 13.2. The number of rotatable bonds is 4. The van der Waals surface area contributed by atoms with Gasteiger partial charge in [0.25, 0.3) is 0 Å². The van der Waals surface area contributed by atoms with Crippen molar-refractivity contribution in [3.8, 4) is 5.75 Å². The van der Waals surface area contributed by atoms with E-state index in [1.165, 1.54) is 0 Å². The maximum absolute atomic E-state index is 6.23. The van der Waals surface area contributed by atoms with Crippen molar-refractivity contribution >= 4 is 22.9 Å². The fraction of sp³-hybridized carbons (Fsp3) is 0.438. The van der Waals surface area contributed by atoms with Crippen molar-refractivity contribution in [1.29, 1.82) is 0 Å². The largest absolute Gasteiger partial charge is 0.495 e. The Bertz CT molecular complexity index is 619. The maximum atomic E-state index is 6.23. The second-order valence-corrected chi connectivity index (χ2v) is 7.23. The lowest BCUT2D eigenvalue weighted by Crippen LogP contribution is -2.18. The van der Waals surface area contributed by atoms with Crippen molar-refractivity contribution in [1.82, 2.24) is 10.3 Å². The monoisotopic (exact) mass is 324 g/mol. The van der Waals surface area contributed by atoms with E-state index in [0.717, 1.165) is 16.3 Å². The van der Waals surface area contributed by atoms with Gasteiger partial charge in [0.15, 0.2) is 0 Å². The molecule has 1 aromatic heterocycles. The number of thiazole rings is 1. The van der Waals surface area contributed by atoms with Crippen molar-refractivity contribution in [3.05, 3.63) is 44.9 Å². The van der Waals surface area contributed by atoms with Gasteiger partial charge in [0.2, 0.25) is 0 Å². The van der Waals surface area contributed by atoms with Gasteiger partial charge in [-0.2, -0.15) is 0 Å². The van der Waals surface area contributed by atoms with E-state index in [4.69, 9.17) is 21.3 Å². The molecule has 2 aromatic rings. The minimum absolute atomic E-state index is 0.0366. The molecule has 114 valence electrons. The van der Waals surface area contributed by atoms with Crippen LogP contribution in [0.25, 0.3) is 0 Å². The highest BCUT2D eigenvalue weighted by molar-refractivity contribution is 7.09. The Morgan fingerprint density at radius 2 is 2.05 bits per heavy atom. The minimum atomic E-state index is 0.0366. The van der Waals surface area contributed by atoms with Crippen LogP contribution < -0.4 is 10.1 Å². The van der Waals surface area contributed by atoms with Gasteiger partial charge in [0, 0.05) is 10.8 Å². The van der Waals surface area contributed by atoms with Gasteiger partial charge in [-0.1, -0.05) is 38.4 Å². The molecule has 1 atom stereocenters. The molecule has 0 radical (unpaired) electrons. The molecule has 1 heterocycles. The van der Waals surface area contributed by atoms with Crippen molar-refractivity contribution in [2.75, 3.05) is 14.2 Å². The van der Waals surface area contributed by atoms with Gasteiger partial charge in [-0.25, -0.2) is 4.98 Å². The van der Waals surface area contributed by atoms with Crippen molar-refractivity contribution in [3.63, 3.8) is 0 Å². The zero-order valence-corrected chi connectivity index (χ0v) is 14.6. The summed E-state index contributed by atoms with van der Waals surface area (Å²) in [5.41, 5.74) is 2.25. The molecule has 0 saturated carbocycles. The number of hydrogen-bond donors (Lipinski definition) is 1. The van der Waals surface area contributed by atoms with Crippen LogP contribution >= 0.6 is 22.9 Å². The van der Waals surface area contributed by atoms with Crippen LogP contribution in [0.3, 0.4) is 0 Å². The first kappa shape index (κ1) is 16.3. The molecule has 5 heteroatoms. The van der Waals surface area contributed by atoms with E-state index in [1.54, 1.807) is 18.4 Å². The Morgan fingerprint density at radius 1 is 1.33 bits per heavy atom. The molecule has 21 heavy (non-hydrogen) atoms. The summed E-state index contributed by atoms with van der Waals surface area (Å²) in [6, 6.07) is 5.87. The summed E-state index contributed by atoms with van der Waals surface area (Å²) in [7, 11) is 3.55. The number of nitrogens with one attached hydrogen (secondary N) is 1. The second kappa shape index (κ2) is 6.34.